The molecular formula is C13H17BrFNO4S. The summed E-state index contributed by atoms with van der Waals surface area (Å²) in [5.74, 6) is -1.41. The highest BCUT2D eigenvalue weighted by molar-refractivity contribution is 9.10. The van der Waals surface area contributed by atoms with E-state index in [4.69, 9.17) is 4.74 Å². The van der Waals surface area contributed by atoms with E-state index in [1.54, 1.807) is 20.8 Å². The molecule has 1 rings (SSSR count). The Morgan fingerprint density at radius 2 is 1.95 bits per heavy atom. The molecule has 1 aromatic rings. The van der Waals surface area contributed by atoms with Crippen LogP contribution in [-0.4, -0.2) is 26.0 Å². The zero-order valence-corrected chi connectivity index (χ0v) is 14.5. The number of benzene rings is 1. The van der Waals surface area contributed by atoms with E-state index >= 15 is 0 Å². The Hall–Kier alpha value is -0.990. The van der Waals surface area contributed by atoms with E-state index in [1.165, 1.54) is 19.1 Å². The van der Waals surface area contributed by atoms with Crippen molar-refractivity contribution < 1.29 is 22.3 Å². The molecular weight excluding hydrogens is 365 g/mol. The molecule has 1 aromatic carbocycles. The largest absolute Gasteiger partial charge is 0.459 e. The summed E-state index contributed by atoms with van der Waals surface area (Å²) in [5, 5.41) is 0. The fourth-order valence-corrected chi connectivity index (χ4v) is 2.83. The number of esters is 1. The van der Waals surface area contributed by atoms with Crippen LogP contribution in [0.15, 0.2) is 27.6 Å². The SMILES string of the molecule is C[C@@H](NS(=O)(=O)c1ccc(Br)c(F)c1)C(=O)OC(C)(C)C. The Balaban J connectivity index is 2.89. The number of hydrogen-bond donors (Lipinski definition) is 1. The van der Waals surface area contributed by atoms with E-state index in [9.17, 15) is 17.6 Å². The van der Waals surface area contributed by atoms with Crippen LogP contribution in [0.2, 0.25) is 0 Å². The van der Waals surface area contributed by atoms with Crippen molar-refractivity contribution in [2.45, 2.75) is 44.2 Å². The summed E-state index contributed by atoms with van der Waals surface area (Å²) in [6.07, 6.45) is 0. The third-order valence-corrected chi connectivity index (χ3v) is 4.48. The summed E-state index contributed by atoms with van der Waals surface area (Å²) < 4.78 is 44.9. The molecule has 0 amide bonds. The standard InChI is InChI=1S/C13H17BrFNO4S/c1-8(12(17)20-13(2,3)4)16-21(18,19)9-5-6-10(14)11(15)7-9/h5-8,16H,1-4H3/t8-/m1/s1. The number of hydrogen-bond acceptors (Lipinski definition) is 4. The predicted octanol–water partition coefficient (Wildman–Crippen LogP) is 2.60. The van der Waals surface area contributed by atoms with Gasteiger partial charge in [-0.1, -0.05) is 0 Å². The van der Waals surface area contributed by atoms with Gasteiger partial charge in [0.25, 0.3) is 0 Å². The summed E-state index contributed by atoms with van der Waals surface area (Å²) in [6.45, 7) is 6.39. The van der Waals surface area contributed by atoms with Crippen LogP contribution in [0.4, 0.5) is 4.39 Å². The molecule has 0 saturated heterocycles. The van der Waals surface area contributed by atoms with Crippen molar-refractivity contribution in [3.8, 4) is 0 Å². The van der Waals surface area contributed by atoms with Crippen molar-refractivity contribution >= 4 is 31.9 Å². The van der Waals surface area contributed by atoms with Crippen molar-refractivity contribution in [3.63, 3.8) is 0 Å². The second kappa shape index (κ2) is 6.41. The van der Waals surface area contributed by atoms with Gasteiger partial charge in [-0.15, -0.1) is 0 Å². The van der Waals surface area contributed by atoms with Crippen LogP contribution in [0.1, 0.15) is 27.7 Å². The van der Waals surface area contributed by atoms with Gasteiger partial charge in [0.05, 0.1) is 9.37 Å². The van der Waals surface area contributed by atoms with Gasteiger partial charge in [0.15, 0.2) is 0 Å². The summed E-state index contributed by atoms with van der Waals surface area (Å²) in [7, 11) is -4.01. The minimum absolute atomic E-state index is 0.154. The van der Waals surface area contributed by atoms with Crippen LogP contribution in [-0.2, 0) is 19.6 Å². The van der Waals surface area contributed by atoms with E-state index in [0.29, 0.717) is 0 Å². The van der Waals surface area contributed by atoms with Crippen molar-refractivity contribution in [1.29, 1.82) is 0 Å². The maximum absolute atomic E-state index is 13.4. The summed E-state index contributed by atoms with van der Waals surface area (Å²) in [5.41, 5.74) is -0.722. The number of carbonyl (C=O) groups is 1. The Kier molecular flexibility index (Phi) is 5.51. The summed E-state index contributed by atoms with van der Waals surface area (Å²) in [6, 6.07) is 2.30. The molecule has 0 bridgehead atoms. The topological polar surface area (TPSA) is 72.5 Å². The fourth-order valence-electron chi connectivity index (χ4n) is 1.38. The van der Waals surface area contributed by atoms with Gasteiger partial charge in [-0.05, 0) is 61.8 Å². The van der Waals surface area contributed by atoms with E-state index in [1.807, 2.05) is 0 Å². The normalized spacial score (nSPS) is 13.8. The second-order valence-corrected chi connectivity index (χ2v) is 8.02. The Morgan fingerprint density at radius 3 is 2.43 bits per heavy atom. The number of nitrogens with one attached hydrogen (secondary N) is 1. The Bertz CT molecular complexity index is 640. The highest BCUT2D eigenvalue weighted by Gasteiger charge is 2.26. The minimum atomic E-state index is -4.01. The van der Waals surface area contributed by atoms with Gasteiger partial charge in [0.2, 0.25) is 10.0 Å². The van der Waals surface area contributed by atoms with Crippen molar-refractivity contribution in [1.82, 2.24) is 4.72 Å². The fraction of sp³-hybridized carbons (Fsp3) is 0.462. The molecule has 0 aromatic heterocycles. The first-order valence-electron chi connectivity index (χ1n) is 6.12. The highest BCUT2D eigenvalue weighted by Crippen LogP contribution is 2.19. The second-order valence-electron chi connectivity index (χ2n) is 5.45. The third-order valence-electron chi connectivity index (χ3n) is 2.29. The van der Waals surface area contributed by atoms with Gasteiger partial charge in [-0.3, -0.25) is 4.79 Å². The van der Waals surface area contributed by atoms with E-state index in [2.05, 4.69) is 20.7 Å². The van der Waals surface area contributed by atoms with Crippen LogP contribution < -0.4 is 4.72 Å². The molecule has 21 heavy (non-hydrogen) atoms. The van der Waals surface area contributed by atoms with Gasteiger partial charge in [0, 0.05) is 0 Å². The quantitative estimate of drug-likeness (QED) is 0.813. The number of sulfonamides is 1. The first kappa shape index (κ1) is 18.1. The maximum Gasteiger partial charge on any atom is 0.324 e. The molecule has 0 aliphatic carbocycles. The Labute approximate surface area is 132 Å². The zero-order chi connectivity index (χ0) is 16.4. The summed E-state index contributed by atoms with van der Waals surface area (Å²) >= 11 is 2.94. The third kappa shape index (κ3) is 5.37. The molecule has 1 N–H and O–H groups in total. The highest BCUT2D eigenvalue weighted by atomic mass is 79.9. The first-order chi connectivity index (χ1) is 9.42. The lowest BCUT2D eigenvalue weighted by Crippen LogP contribution is -2.42. The smallest absolute Gasteiger partial charge is 0.324 e. The van der Waals surface area contributed by atoms with Crippen LogP contribution in [0.3, 0.4) is 0 Å². The van der Waals surface area contributed by atoms with Crippen molar-refractivity contribution in [2.75, 3.05) is 0 Å². The van der Waals surface area contributed by atoms with Gasteiger partial charge in [-0.25, -0.2) is 12.8 Å². The predicted molar refractivity (Wildman–Crippen MR) is 79.7 cm³/mol. The van der Waals surface area contributed by atoms with E-state index < -0.39 is 33.5 Å². The van der Waals surface area contributed by atoms with Crippen molar-refractivity contribution in [3.05, 3.63) is 28.5 Å². The van der Waals surface area contributed by atoms with Crippen molar-refractivity contribution in [2.24, 2.45) is 0 Å². The van der Waals surface area contributed by atoms with Crippen LogP contribution in [0.5, 0.6) is 0 Å². The minimum Gasteiger partial charge on any atom is -0.459 e. The molecule has 0 aliphatic rings. The first-order valence-corrected chi connectivity index (χ1v) is 8.40. The lowest BCUT2D eigenvalue weighted by atomic mass is 10.2. The molecule has 0 unspecified atom stereocenters. The molecule has 0 spiro atoms. The van der Waals surface area contributed by atoms with E-state index in [-0.39, 0.29) is 9.37 Å². The number of halogens is 2. The summed E-state index contributed by atoms with van der Waals surface area (Å²) in [4.78, 5) is 11.5. The van der Waals surface area contributed by atoms with Crippen LogP contribution in [0, 0.1) is 5.82 Å². The van der Waals surface area contributed by atoms with Gasteiger partial charge >= 0.3 is 5.97 Å². The van der Waals surface area contributed by atoms with Gasteiger partial charge < -0.3 is 4.74 Å². The molecule has 118 valence electrons. The number of rotatable bonds is 4. The average Bonchev–Trinajstić information content (AvgIpc) is 2.29. The molecule has 0 saturated carbocycles. The van der Waals surface area contributed by atoms with Crippen LogP contribution in [0.25, 0.3) is 0 Å². The molecule has 1 atom stereocenters. The monoisotopic (exact) mass is 381 g/mol. The Morgan fingerprint density at radius 1 is 1.38 bits per heavy atom. The number of carbonyl (C=O) groups excluding carboxylic acids is 1. The molecule has 8 heteroatoms. The zero-order valence-electron chi connectivity index (χ0n) is 12.1. The molecule has 0 fully saturated rings. The molecule has 0 heterocycles. The average molecular weight is 382 g/mol. The van der Waals surface area contributed by atoms with Gasteiger partial charge in [-0.2, -0.15) is 4.72 Å². The number of ether oxygens (including phenoxy) is 1. The molecule has 5 nitrogen and oxygen atoms in total. The van der Waals surface area contributed by atoms with E-state index in [0.717, 1.165) is 6.07 Å². The maximum atomic E-state index is 13.4. The lowest BCUT2D eigenvalue weighted by Gasteiger charge is -2.22. The lowest BCUT2D eigenvalue weighted by molar-refractivity contribution is -0.156. The van der Waals surface area contributed by atoms with Crippen LogP contribution >= 0.6 is 15.9 Å². The van der Waals surface area contributed by atoms with Gasteiger partial charge in [0.1, 0.15) is 17.5 Å². The molecule has 0 aliphatic heterocycles. The molecule has 0 radical (unpaired) electrons.